The van der Waals surface area contributed by atoms with Crippen LogP contribution in [0.1, 0.15) is 56.5 Å². The second kappa shape index (κ2) is 17.4. The highest BCUT2D eigenvalue weighted by atomic mass is 35.5. The molecule has 0 bridgehead atoms. The maximum Gasteiger partial charge on any atom is 0.204 e. The molecule has 2 aromatic heterocycles. The first-order chi connectivity index (χ1) is 17.0. The van der Waals surface area contributed by atoms with E-state index in [1.807, 2.05) is 0 Å². The van der Waals surface area contributed by atoms with E-state index in [0.717, 1.165) is 73.7 Å². The van der Waals surface area contributed by atoms with Crippen molar-refractivity contribution in [3.05, 3.63) is 47.3 Å². The fourth-order valence-electron chi connectivity index (χ4n) is 5.39. The highest BCUT2D eigenvalue weighted by Crippen LogP contribution is 2.30. The number of ether oxygens (including phenoxy) is 1. The van der Waals surface area contributed by atoms with E-state index in [1.165, 1.54) is 24.1 Å². The first kappa shape index (κ1) is 38.5. The molecule has 1 unspecified atom stereocenters. The zero-order valence-electron chi connectivity index (χ0n) is 23.6. The Morgan fingerprint density at radius 2 is 1.70 bits per heavy atom. The van der Waals surface area contributed by atoms with E-state index in [1.54, 1.807) is 7.11 Å². The molecule has 5 N–H and O–H groups in total. The Labute approximate surface area is 263 Å². The fraction of sp³-hybridized carbons (Fsp3) is 0.571. The van der Waals surface area contributed by atoms with Crippen LogP contribution in [0.2, 0.25) is 0 Å². The van der Waals surface area contributed by atoms with Crippen LogP contribution in [0.25, 0.3) is 11.0 Å². The molecule has 5 rings (SSSR count). The number of nitrogens with two attached hydrogens (primary N) is 1. The number of nitrogens with zero attached hydrogens (tertiary/aromatic N) is 4. The predicted octanol–water partition coefficient (Wildman–Crippen LogP) is 5.09. The Hall–Kier alpha value is -1.52. The molecule has 1 atom stereocenters. The first-order valence-electron chi connectivity index (χ1n) is 13.3. The van der Waals surface area contributed by atoms with Crippen molar-refractivity contribution in [1.29, 1.82) is 0 Å². The molecule has 1 aromatic carbocycles. The topological polar surface area (TPSA) is 113 Å². The molecule has 12 heteroatoms. The molecule has 1 saturated heterocycles. The molecular formula is C28H46Cl4N6O2. The van der Waals surface area contributed by atoms with Crippen LogP contribution in [-0.4, -0.2) is 63.7 Å². The summed E-state index contributed by atoms with van der Waals surface area (Å²) < 4.78 is 8.06. The third kappa shape index (κ3) is 8.74. The Morgan fingerprint density at radius 3 is 2.38 bits per heavy atom. The molecule has 1 aliphatic heterocycles. The number of benzene rings is 1. The van der Waals surface area contributed by atoms with Gasteiger partial charge < -0.3 is 30.7 Å². The molecule has 0 amide bonds. The number of likely N-dealkylation sites (tertiary alicyclic amines) is 1. The SMILES string of the molecule is COc1cc2c(nc1Cn1c(NC3CCN(CC(N)C(C)C)CC3)nc3ccccc31)CCCC2.Cl.Cl.Cl.Cl.O. The van der Waals surface area contributed by atoms with Gasteiger partial charge in [0.1, 0.15) is 11.4 Å². The summed E-state index contributed by atoms with van der Waals surface area (Å²) in [5.41, 5.74) is 12.0. The van der Waals surface area contributed by atoms with E-state index in [-0.39, 0.29) is 61.1 Å². The van der Waals surface area contributed by atoms with Crippen molar-refractivity contribution in [2.24, 2.45) is 11.7 Å². The van der Waals surface area contributed by atoms with Crippen LogP contribution < -0.4 is 15.8 Å². The van der Waals surface area contributed by atoms with Gasteiger partial charge in [0.15, 0.2) is 0 Å². The normalized spacial score (nSPS) is 15.8. The van der Waals surface area contributed by atoms with Gasteiger partial charge in [-0.2, -0.15) is 0 Å². The number of aromatic nitrogens is 3. The van der Waals surface area contributed by atoms with Crippen molar-refractivity contribution < 1.29 is 10.2 Å². The molecule has 3 heterocycles. The van der Waals surface area contributed by atoms with Gasteiger partial charge in [-0.05, 0) is 68.2 Å². The number of methoxy groups -OCH3 is 1. The van der Waals surface area contributed by atoms with E-state index in [9.17, 15) is 0 Å². The van der Waals surface area contributed by atoms with E-state index >= 15 is 0 Å². The Bertz CT molecular complexity index is 1170. The highest BCUT2D eigenvalue weighted by Gasteiger charge is 2.24. The van der Waals surface area contributed by atoms with Gasteiger partial charge in [0, 0.05) is 37.4 Å². The van der Waals surface area contributed by atoms with Gasteiger partial charge in [-0.25, -0.2) is 4.98 Å². The molecule has 0 radical (unpaired) electrons. The van der Waals surface area contributed by atoms with Crippen molar-refractivity contribution in [2.45, 2.75) is 71.0 Å². The fourth-order valence-corrected chi connectivity index (χ4v) is 5.39. The second-order valence-electron chi connectivity index (χ2n) is 10.6. The van der Waals surface area contributed by atoms with Crippen molar-refractivity contribution >= 4 is 66.6 Å². The molecule has 1 fully saturated rings. The first-order valence-corrected chi connectivity index (χ1v) is 13.3. The van der Waals surface area contributed by atoms with Crippen molar-refractivity contribution in [3.63, 3.8) is 0 Å². The molecule has 3 aromatic rings. The summed E-state index contributed by atoms with van der Waals surface area (Å²) in [5, 5.41) is 3.78. The second-order valence-corrected chi connectivity index (χ2v) is 10.6. The summed E-state index contributed by atoms with van der Waals surface area (Å²) in [6.07, 6.45) is 6.79. The number of anilines is 1. The molecule has 2 aliphatic rings. The van der Waals surface area contributed by atoms with E-state index in [4.69, 9.17) is 20.4 Å². The van der Waals surface area contributed by atoms with Crippen LogP contribution in [-0.2, 0) is 19.4 Å². The van der Waals surface area contributed by atoms with E-state index in [2.05, 4.69) is 59.0 Å². The number of hydrogen-bond donors (Lipinski definition) is 2. The van der Waals surface area contributed by atoms with Crippen LogP contribution in [0.3, 0.4) is 0 Å². The van der Waals surface area contributed by atoms with Crippen molar-refractivity contribution in [3.8, 4) is 5.75 Å². The minimum absolute atomic E-state index is 0. The molecule has 0 saturated carbocycles. The number of aryl methyl sites for hydroxylation is 2. The Balaban J connectivity index is 0.00000304. The van der Waals surface area contributed by atoms with Crippen LogP contribution in [0, 0.1) is 5.92 Å². The number of hydrogen-bond acceptors (Lipinski definition) is 6. The lowest BCUT2D eigenvalue weighted by Crippen LogP contribution is -2.46. The van der Waals surface area contributed by atoms with E-state index < -0.39 is 0 Å². The Kier molecular flexibility index (Phi) is 16.8. The zero-order valence-corrected chi connectivity index (χ0v) is 26.9. The van der Waals surface area contributed by atoms with Gasteiger partial charge in [0.2, 0.25) is 5.95 Å². The standard InChI is InChI=1S/C28H40N6O.4ClH.H2O/c1-19(2)22(29)17-33-14-12-21(13-15-33)30-28-32-24-10-6-7-11-26(24)34(28)18-25-27(35-3)16-20-8-4-5-9-23(20)31-25;;;;;/h6-7,10-11,16,19,21-22H,4-5,8-9,12-15,17-18,29H2,1-3H3,(H,30,32);4*1H;1H2. The summed E-state index contributed by atoms with van der Waals surface area (Å²) >= 11 is 0. The summed E-state index contributed by atoms with van der Waals surface area (Å²) in [6, 6.07) is 11.2. The van der Waals surface area contributed by atoms with Gasteiger partial charge in [-0.15, -0.1) is 49.6 Å². The van der Waals surface area contributed by atoms with E-state index in [0.29, 0.717) is 18.5 Å². The average molecular weight is 641 g/mol. The monoisotopic (exact) mass is 638 g/mol. The van der Waals surface area contributed by atoms with Crippen molar-refractivity contribution in [2.75, 3.05) is 32.1 Å². The zero-order chi connectivity index (χ0) is 24.4. The Morgan fingerprint density at radius 1 is 1.02 bits per heavy atom. The van der Waals surface area contributed by atoms with Gasteiger partial charge >= 0.3 is 0 Å². The minimum Gasteiger partial charge on any atom is -0.495 e. The van der Waals surface area contributed by atoms with Crippen LogP contribution in [0.4, 0.5) is 5.95 Å². The summed E-state index contributed by atoms with van der Waals surface area (Å²) in [7, 11) is 1.75. The lowest BCUT2D eigenvalue weighted by Gasteiger charge is -2.34. The van der Waals surface area contributed by atoms with Crippen molar-refractivity contribution in [1.82, 2.24) is 19.4 Å². The smallest absolute Gasteiger partial charge is 0.204 e. The maximum absolute atomic E-state index is 6.32. The van der Waals surface area contributed by atoms with Crippen LogP contribution >= 0.6 is 49.6 Å². The number of nitrogens with one attached hydrogen (secondary N) is 1. The number of pyridine rings is 1. The van der Waals surface area contributed by atoms with Crippen LogP contribution in [0.15, 0.2) is 30.3 Å². The third-order valence-electron chi connectivity index (χ3n) is 7.77. The number of fused-ring (bicyclic) bond motifs is 2. The van der Waals surface area contributed by atoms with Crippen LogP contribution in [0.5, 0.6) is 5.75 Å². The molecule has 8 nitrogen and oxygen atoms in total. The molecule has 40 heavy (non-hydrogen) atoms. The number of halogens is 4. The third-order valence-corrected chi connectivity index (χ3v) is 7.77. The number of rotatable bonds is 8. The molecular weight excluding hydrogens is 594 g/mol. The molecule has 228 valence electrons. The average Bonchev–Trinajstić information content (AvgIpc) is 3.21. The van der Waals surface area contributed by atoms with Gasteiger partial charge in [0.25, 0.3) is 0 Å². The number of piperidine rings is 1. The van der Waals surface area contributed by atoms with Gasteiger partial charge in [-0.3, -0.25) is 4.98 Å². The lowest BCUT2D eigenvalue weighted by molar-refractivity contribution is 0.194. The largest absolute Gasteiger partial charge is 0.495 e. The maximum atomic E-state index is 6.32. The molecule has 1 aliphatic carbocycles. The lowest BCUT2D eigenvalue weighted by atomic mass is 9.95. The molecule has 0 spiro atoms. The summed E-state index contributed by atoms with van der Waals surface area (Å²) in [6.45, 7) is 8.16. The quantitative estimate of drug-likeness (QED) is 0.355. The minimum atomic E-state index is 0. The van der Waals surface area contributed by atoms with Gasteiger partial charge in [-0.1, -0.05) is 26.0 Å². The summed E-state index contributed by atoms with van der Waals surface area (Å²) in [4.78, 5) is 12.6. The number of imidazole rings is 1. The highest BCUT2D eigenvalue weighted by molar-refractivity contribution is 5.86. The predicted molar refractivity (Wildman–Crippen MR) is 175 cm³/mol. The number of para-hydroxylation sites is 2. The summed E-state index contributed by atoms with van der Waals surface area (Å²) in [5.74, 6) is 2.31. The van der Waals surface area contributed by atoms with Gasteiger partial charge in [0.05, 0.1) is 24.7 Å².